The van der Waals surface area contributed by atoms with E-state index < -0.39 is 0 Å². The van der Waals surface area contributed by atoms with E-state index in [4.69, 9.17) is 9.47 Å². The Balaban J connectivity index is 1.12. The van der Waals surface area contributed by atoms with Crippen LogP contribution in [0.5, 0.6) is 5.75 Å². The monoisotopic (exact) mass is 439 g/mol. The van der Waals surface area contributed by atoms with Crippen molar-refractivity contribution in [3.63, 3.8) is 0 Å². The van der Waals surface area contributed by atoms with Crippen LogP contribution < -0.4 is 4.74 Å². The van der Waals surface area contributed by atoms with Crippen molar-refractivity contribution in [1.82, 2.24) is 4.90 Å². The SMILES string of the molecule is COc1ccc(C(=O)COC(=O)C2CCC(N3C(=O)[C@H]4[C@@H]5CC[C@@H](C5)[C@@H]4C3=O)CC2)cc1. The zero-order valence-corrected chi connectivity index (χ0v) is 18.3. The van der Waals surface area contributed by atoms with Gasteiger partial charge in [0.2, 0.25) is 11.8 Å². The number of hydrogen-bond donors (Lipinski definition) is 0. The number of imide groups is 1. The molecule has 1 aromatic carbocycles. The third-order valence-corrected chi connectivity index (χ3v) is 8.11. The molecule has 2 bridgehead atoms. The molecule has 0 N–H and O–H groups in total. The van der Waals surface area contributed by atoms with Gasteiger partial charge in [-0.25, -0.2) is 0 Å². The largest absolute Gasteiger partial charge is 0.497 e. The second kappa shape index (κ2) is 8.34. The van der Waals surface area contributed by atoms with E-state index in [-0.39, 0.29) is 54.0 Å². The van der Waals surface area contributed by atoms with E-state index in [1.807, 2.05) is 0 Å². The summed E-state index contributed by atoms with van der Waals surface area (Å²) in [5.41, 5.74) is 0.466. The molecule has 1 aliphatic heterocycles. The summed E-state index contributed by atoms with van der Waals surface area (Å²) in [4.78, 5) is 52.4. The topological polar surface area (TPSA) is 90.0 Å². The van der Waals surface area contributed by atoms with Crippen LogP contribution in [0.15, 0.2) is 24.3 Å². The summed E-state index contributed by atoms with van der Waals surface area (Å²) >= 11 is 0. The number of ketones is 1. The lowest BCUT2D eigenvalue weighted by atomic mass is 9.81. The lowest BCUT2D eigenvalue weighted by molar-refractivity contribution is -0.149. The number of esters is 1. The number of nitrogens with zero attached hydrogens (tertiary/aromatic N) is 1. The number of rotatable bonds is 6. The van der Waals surface area contributed by atoms with Gasteiger partial charge in [0.1, 0.15) is 5.75 Å². The molecule has 4 fully saturated rings. The van der Waals surface area contributed by atoms with Gasteiger partial charge in [-0.05, 0) is 81.0 Å². The molecule has 5 rings (SSSR count). The fourth-order valence-corrected chi connectivity index (χ4v) is 6.48. The van der Waals surface area contributed by atoms with Crippen LogP contribution in [0, 0.1) is 29.6 Å². The number of hydrogen-bond acceptors (Lipinski definition) is 6. The maximum Gasteiger partial charge on any atom is 0.309 e. The van der Waals surface area contributed by atoms with Gasteiger partial charge in [-0.15, -0.1) is 0 Å². The lowest BCUT2D eigenvalue weighted by Gasteiger charge is -2.33. The van der Waals surface area contributed by atoms with Gasteiger partial charge >= 0.3 is 5.97 Å². The summed E-state index contributed by atoms with van der Waals surface area (Å²) in [5, 5.41) is 0. The molecule has 170 valence electrons. The molecule has 4 aliphatic rings. The number of methoxy groups -OCH3 is 1. The minimum absolute atomic E-state index is 0.0308. The number of benzene rings is 1. The first kappa shape index (κ1) is 21.2. The Morgan fingerprint density at radius 3 is 2.06 bits per heavy atom. The van der Waals surface area contributed by atoms with Gasteiger partial charge in [-0.2, -0.15) is 0 Å². The molecule has 1 heterocycles. The molecule has 0 radical (unpaired) electrons. The fraction of sp³-hybridized carbons (Fsp3) is 0.600. The quantitative estimate of drug-likeness (QED) is 0.385. The van der Waals surface area contributed by atoms with E-state index in [0.29, 0.717) is 48.8 Å². The van der Waals surface area contributed by atoms with E-state index in [9.17, 15) is 19.2 Å². The van der Waals surface area contributed by atoms with Crippen LogP contribution in [0.3, 0.4) is 0 Å². The molecule has 1 saturated heterocycles. The van der Waals surface area contributed by atoms with Gasteiger partial charge in [-0.3, -0.25) is 24.1 Å². The average Bonchev–Trinajstić information content (AvgIpc) is 3.51. The van der Waals surface area contributed by atoms with Gasteiger partial charge in [0, 0.05) is 11.6 Å². The lowest BCUT2D eigenvalue weighted by Crippen LogP contribution is -2.44. The summed E-state index contributed by atoms with van der Waals surface area (Å²) < 4.78 is 10.4. The summed E-state index contributed by atoms with van der Waals surface area (Å²) in [6.45, 7) is -0.291. The molecule has 1 aromatic rings. The van der Waals surface area contributed by atoms with E-state index in [2.05, 4.69) is 0 Å². The van der Waals surface area contributed by atoms with Crippen LogP contribution in [0.4, 0.5) is 0 Å². The molecule has 0 unspecified atom stereocenters. The minimum Gasteiger partial charge on any atom is -0.497 e. The number of carbonyl (C=O) groups excluding carboxylic acids is 4. The number of ether oxygens (including phenoxy) is 2. The molecular weight excluding hydrogens is 410 g/mol. The summed E-state index contributed by atoms with van der Waals surface area (Å²) in [6.07, 6.45) is 5.57. The average molecular weight is 440 g/mol. The maximum atomic E-state index is 13.0. The van der Waals surface area contributed by atoms with Gasteiger partial charge in [-0.1, -0.05) is 0 Å². The van der Waals surface area contributed by atoms with E-state index in [1.54, 1.807) is 36.3 Å². The Kier molecular flexibility index (Phi) is 5.51. The summed E-state index contributed by atoms with van der Waals surface area (Å²) in [5.74, 6) is 0.387. The van der Waals surface area contributed by atoms with Crippen LogP contribution in [0.1, 0.15) is 55.3 Å². The first-order chi connectivity index (χ1) is 15.5. The molecular formula is C25H29NO6. The normalized spacial score (nSPS) is 33.3. The van der Waals surface area contributed by atoms with Gasteiger partial charge in [0.15, 0.2) is 12.4 Å². The second-order valence-corrected chi connectivity index (χ2v) is 9.70. The predicted molar refractivity (Wildman–Crippen MR) is 114 cm³/mol. The van der Waals surface area contributed by atoms with Crippen LogP contribution >= 0.6 is 0 Å². The highest BCUT2D eigenvalue weighted by Crippen LogP contribution is 2.56. The van der Waals surface area contributed by atoms with Crippen molar-refractivity contribution in [2.24, 2.45) is 29.6 Å². The molecule has 2 amide bonds. The molecule has 4 atom stereocenters. The van der Waals surface area contributed by atoms with Crippen LogP contribution in [0.25, 0.3) is 0 Å². The standard InChI is InChI=1S/C25H29NO6/c1-31-19-10-6-14(7-11-19)20(27)13-32-25(30)15-4-8-18(9-5-15)26-23(28)21-16-2-3-17(12-16)22(21)24(26)29/h6-7,10-11,15-18,21-22H,2-5,8-9,12-13H2,1H3/t15?,16-,17+,18?,21-,22-/m0/s1. The van der Waals surface area contributed by atoms with Crippen molar-refractivity contribution in [2.45, 2.75) is 51.0 Å². The third-order valence-electron chi connectivity index (χ3n) is 8.11. The predicted octanol–water partition coefficient (Wildman–Crippen LogP) is 3.01. The van der Waals surface area contributed by atoms with Gasteiger partial charge in [0.25, 0.3) is 0 Å². The Labute approximate surface area is 187 Å². The summed E-state index contributed by atoms with van der Waals surface area (Å²) in [6, 6.07) is 6.57. The van der Waals surface area contributed by atoms with Crippen molar-refractivity contribution in [2.75, 3.05) is 13.7 Å². The van der Waals surface area contributed by atoms with E-state index >= 15 is 0 Å². The van der Waals surface area contributed by atoms with Gasteiger partial charge in [0.05, 0.1) is 24.9 Å². The number of Topliss-reactive ketones (excluding diaryl/α,β-unsaturated/α-hetero) is 1. The smallest absolute Gasteiger partial charge is 0.309 e. The van der Waals surface area contributed by atoms with E-state index in [0.717, 1.165) is 19.3 Å². The molecule has 0 aromatic heterocycles. The Hall–Kier alpha value is -2.70. The molecule has 3 saturated carbocycles. The molecule has 32 heavy (non-hydrogen) atoms. The van der Waals surface area contributed by atoms with Crippen LogP contribution in [0.2, 0.25) is 0 Å². The van der Waals surface area contributed by atoms with Crippen LogP contribution in [-0.4, -0.2) is 48.2 Å². The number of likely N-dealkylation sites (tertiary alicyclic amines) is 1. The minimum atomic E-state index is -0.376. The number of carbonyl (C=O) groups is 4. The number of fused-ring (bicyclic) bond motifs is 5. The highest BCUT2D eigenvalue weighted by atomic mass is 16.5. The Morgan fingerprint density at radius 2 is 1.50 bits per heavy atom. The van der Waals surface area contributed by atoms with Crippen molar-refractivity contribution in [3.05, 3.63) is 29.8 Å². The highest BCUT2D eigenvalue weighted by Gasteiger charge is 2.61. The molecule has 7 heteroatoms. The maximum absolute atomic E-state index is 13.0. The fourth-order valence-electron chi connectivity index (χ4n) is 6.48. The first-order valence-electron chi connectivity index (χ1n) is 11.7. The van der Waals surface area contributed by atoms with Crippen molar-refractivity contribution >= 4 is 23.6 Å². The molecule has 7 nitrogen and oxygen atoms in total. The molecule has 3 aliphatic carbocycles. The van der Waals surface area contributed by atoms with Crippen molar-refractivity contribution in [1.29, 1.82) is 0 Å². The number of amides is 2. The Morgan fingerprint density at radius 1 is 0.906 bits per heavy atom. The highest BCUT2D eigenvalue weighted by molar-refractivity contribution is 6.06. The van der Waals surface area contributed by atoms with E-state index in [1.165, 1.54) is 0 Å². The second-order valence-electron chi connectivity index (χ2n) is 9.70. The zero-order chi connectivity index (χ0) is 22.4. The van der Waals surface area contributed by atoms with Crippen molar-refractivity contribution in [3.8, 4) is 5.75 Å². The van der Waals surface area contributed by atoms with Gasteiger partial charge < -0.3 is 9.47 Å². The van der Waals surface area contributed by atoms with Crippen molar-refractivity contribution < 1.29 is 28.7 Å². The zero-order valence-electron chi connectivity index (χ0n) is 18.3. The summed E-state index contributed by atoms with van der Waals surface area (Å²) in [7, 11) is 1.55. The molecule has 0 spiro atoms. The van der Waals surface area contributed by atoms with Crippen LogP contribution in [-0.2, 0) is 19.1 Å². The Bertz CT molecular complexity index is 904. The first-order valence-corrected chi connectivity index (χ1v) is 11.7. The third kappa shape index (κ3) is 3.51.